The summed E-state index contributed by atoms with van der Waals surface area (Å²) >= 11 is 0. The smallest absolute Gasteiger partial charge is 0.134 e. The first-order valence-corrected chi connectivity index (χ1v) is 9.13. The van der Waals surface area contributed by atoms with Crippen LogP contribution in [0.1, 0.15) is 38.1 Å². The molecular formula is C20H30N4O. The Morgan fingerprint density at radius 1 is 1.08 bits per heavy atom. The van der Waals surface area contributed by atoms with Gasteiger partial charge in [0.1, 0.15) is 23.2 Å². The van der Waals surface area contributed by atoms with Gasteiger partial charge in [-0.1, -0.05) is 26.0 Å². The van der Waals surface area contributed by atoms with Crippen LogP contribution in [0.2, 0.25) is 0 Å². The minimum absolute atomic E-state index is 0.804. The van der Waals surface area contributed by atoms with Gasteiger partial charge in [-0.15, -0.1) is 0 Å². The predicted molar refractivity (Wildman–Crippen MR) is 105 cm³/mol. The Bertz CT molecular complexity index is 654. The molecule has 5 nitrogen and oxygen atoms in total. The Balaban J connectivity index is 2.01. The minimum atomic E-state index is 0.804. The zero-order valence-corrected chi connectivity index (χ0v) is 15.9. The number of hydrogen-bond acceptors (Lipinski definition) is 5. The molecule has 1 aromatic heterocycles. The molecule has 0 aliphatic heterocycles. The topological polar surface area (TPSA) is 50.3 Å². The molecule has 2 rings (SSSR count). The molecule has 0 aliphatic carbocycles. The van der Waals surface area contributed by atoms with Crippen molar-refractivity contribution in [2.75, 3.05) is 37.0 Å². The Kier molecular flexibility index (Phi) is 7.51. The molecule has 1 N–H and O–H groups in total. The maximum Gasteiger partial charge on any atom is 0.134 e. The van der Waals surface area contributed by atoms with E-state index in [-0.39, 0.29) is 0 Å². The summed E-state index contributed by atoms with van der Waals surface area (Å²) in [6, 6.07) is 10.2. The molecule has 0 saturated heterocycles. The number of aromatic nitrogens is 2. The van der Waals surface area contributed by atoms with E-state index < -0.39 is 0 Å². The van der Waals surface area contributed by atoms with Crippen molar-refractivity contribution >= 4 is 11.6 Å². The van der Waals surface area contributed by atoms with Crippen LogP contribution in [0.25, 0.3) is 0 Å². The Labute approximate surface area is 151 Å². The lowest BCUT2D eigenvalue weighted by Gasteiger charge is -2.23. The molecule has 25 heavy (non-hydrogen) atoms. The average molecular weight is 342 g/mol. The Hall–Kier alpha value is -2.30. The minimum Gasteiger partial charge on any atom is -0.497 e. The number of anilines is 2. The van der Waals surface area contributed by atoms with Gasteiger partial charge in [-0.05, 0) is 43.9 Å². The van der Waals surface area contributed by atoms with E-state index in [1.54, 1.807) is 7.11 Å². The quantitative estimate of drug-likeness (QED) is 0.705. The van der Waals surface area contributed by atoms with Crippen molar-refractivity contribution in [1.82, 2.24) is 9.97 Å². The molecule has 0 bridgehead atoms. The second-order valence-electron chi connectivity index (χ2n) is 6.17. The van der Waals surface area contributed by atoms with E-state index in [4.69, 9.17) is 4.74 Å². The summed E-state index contributed by atoms with van der Waals surface area (Å²) in [4.78, 5) is 11.5. The summed E-state index contributed by atoms with van der Waals surface area (Å²) < 4.78 is 5.28. The van der Waals surface area contributed by atoms with Crippen molar-refractivity contribution in [2.24, 2.45) is 0 Å². The molecule has 0 amide bonds. The van der Waals surface area contributed by atoms with E-state index in [1.807, 2.05) is 19.1 Å². The zero-order valence-electron chi connectivity index (χ0n) is 15.9. The van der Waals surface area contributed by atoms with Crippen LogP contribution >= 0.6 is 0 Å². The van der Waals surface area contributed by atoms with E-state index in [9.17, 15) is 0 Å². The molecule has 0 saturated carbocycles. The number of methoxy groups -OCH3 is 1. The fourth-order valence-corrected chi connectivity index (χ4v) is 2.85. The van der Waals surface area contributed by atoms with Crippen LogP contribution in [0.3, 0.4) is 0 Å². The van der Waals surface area contributed by atoms with Gasteiger partial charge in [-0.3, -0.25) is 0 Å². The molecule has 1 aromatic carbocycles. The van der Waals surface area contributed by atoms with E-state index in [2.05, 4.69) is 52.2 Å². The monoisotopic (exact) mass is 342 g/mol. The average Bonchev–Trinajstić information content (AvgIpc) is 2.61. The second-order valence-corrected chi connectivity index (χ2v) is 6.17. The number of benzene rings is 1. The van der Waals surface area contributed by atoms with Gasteiger partial charge >= 0.3 is 0 Å². The highest BCUT2D eigenvalue weighted by Gasteiger charge is 2.09. The number of aryl methyl sites for hydroxylation is 1. The van der Waals surface area contributed by atoms with E-state index >= 15 is 0 Å². The van der Waals surface area contributed by atoms with Gasteiger partial charge in [0.25, 0.3) is 0 Å². The lowest BCUT2D eigenvalue weighted by molar-refractivity contribution is 0.414. The summed E-state index contributed by atoms with van der Waals surface area (Å²) in [6.07, 6.45) is 3.15. The summed E-state index contributed by atoms with van der Waals surface area (Å²) in [5.41, 5.74) is 1.25. The molecule has 0 spiro atoms. The van der Waals surface area contributed by atoms with Gasteiger partial charge in [0.2, 0.25) is 0 Å². The molecule has 0 aliphatic rings. The van der Waals surface area contributed by atoms with Gasteiger partial charge in [0.05, 0.1) is 7.11 Å². The van der Waals surface area contributed by atoms with Gasteiger partial charge in [-0.25, -0.2) is 9.97 Å². The first kappa shape index (κ1) is 19.0. The molecule has 0 radical (unpaired) electrons. The SMILES string of the molecule is CCCN(CCC)c1cc(NCCc2cccc(OC)c2)nc(C)n1. The standard InChI is InChI=1S/C20H30N4O/c1-5-12-24(13-6-2)20-15-19(22-16(3)23-20)21-11-10-17-8-7-9-18(14-17)25-4/h7-9,14-15H,5-6,10-13H2,1-4H3,(H,21,22,23). The molecular weight excluding hydrogens is 312 g/mol. The van der Waals surface area contributed by atoms with Crippen LogP contribution in [0.15, 0.2) is 30.3 Å². The van der Waals surface area contributed by atoms with Crippen LogP contribution in [-0.4, -0.2) is 36.7 Å². The van der Waals surface area contributed by atoms with Crippen LogP contribution in [-0.2, 0) is 6.42 Å². The van der Waals surface area contributed by atoms with Gasteiger partial charge in [0, 0.05) is 25.7 Å². The lowest BCUT2D eigenvalue weighted by Crippen LogP contribution is -2.26. The highest BCUT2D eigenvalue weighted by atomic mass is 16.5. The number of ether oxygens (including phenoxy) is 1. The van der Waals surface area contributed by atoms with E-state index in [1.165, 1.54) is 5.56 Å². The van der Waals surface area contributed by atoms with Crippen LogP contribution in [0, 0.1) is 6.92 Å². The van der Waals surface area contributed by atoms with Crippen molar-refractivity contribution in [3.63, 3.8) is 0 Å². The third kappa shape index (κ3) is 5.93. The van der Waals surface area contributed by atoms with Crippen LogP contribution < -0.4 is 15.0 Å². The van der Waals surface area contributed by atoms with Crippen LogP contribution in [0.4, 0.5) is 11.6 Å². The van der Waals surface area contributed by atoms with Crippen molar-refractivity contribution in [2.45, 2.75) is 40.0 Å². The molecule has 136 valence electrons. The fraction of sp³-hybridized carbons (Fsp3) is 0.500. The Morgan fingerprint density at radius 3 is 2.52 bits per heavy atom. The number of nitrogens with zero attached hydrogens (tertiary/aromatic N) is 3. The summed E-state index contributed by atoms with van der Waals surface area (Å²) in [6.45, 7) is 9.21. The molecule has 0 fully saturated rings. The highest BCUT2D eigenvalue weighted by molar-refractivity contribution is 5.49. The van der Waals surface area contributed by atoms with Gasteiger partial charge in [0.15, 0.2) is 0 Å². The highest BCUT2D eigenvalue weighted by Crippen LogP contribution is 2.17. The summed E-state index contributed by atoms with van der Waals surface area (Å²) in [5.74, 6) is 3.61. The van der Waals surface area contributed by atoms with Crippen molar-refractivity contribution in [3.05, 3.63) is 41.7 Å². The zero-order chi connectivity index (χ0) is 18.1. The molecule has 2 aromatic rings. The summed E-state index contributed by atoms with van der Waals surface area (Å²) in [7, 11) is 1.70. The van der Waals surface area contributed by atoms with Crippen molar-refractivity contribution in [1.29, 1.82) is 0 Å². The Morgan fingerprint density at radius 2 is 1.84 bits per heavy atom. The number of hydrogen-bond donors (Lipinski definition) is 1. The third-order valence-corrected chi connectivity index (χ3v) is 3.99. The lowest BCUT2D eigenvalue weighted by atomic mass is 10.1. The molecule has 0 unspecified atom stereocenters. The number of nitrogens with one attached hydrogen (secondary N) is 1. The largest absolute Gasteiger partial charge is 0.497 e. The molecule has 1 heterocycles. The van der Waals surface area contributed by atoms with E-state index in [0.717, 1.165) is 62.1 Å². The molecule has 0 atom stereocenters. The first-order valence-electron chi connectivity index (χ1n) is 9.13. The second kappa shape index (κ2) is 9.87. The van der Waals surface area contributed by atoms with Crippen molar-refractivity contribution in [3.8, 4) is 5.75 Å². The molecule has 5 heteroatoms. The van der Waals surface area contributed by atoms with Crippen molar-refractivity contribution < 1.29 is 4.74 Å². The van der Waals surface area contributed by atoms with Gasteiger partial charge in [-0.2, -0.15) is 0 Å². The first-order chi connectivity index (χ1) is 12.2. The van der Waals surface area contributed by atoms with E-state index in [0.29, 0.717) is 0 Å². The predicted octanol–water partition coefficient (Wildman–Crippen LogP) is 4.07. The van der Waals surface area contributed by atoms with Crippen LogP contribution in [0.5, 0.6) is 5.75 Å². The maximum absolute atomic E-state index is 5.28. The number of rotatable bonds is 10. The van der Waals surface area contributed by atoms with Gasteiger partial charge < -0.3 is 15.0 Å². The fourth-order valence-electron chi connectivity index (χ4n) is 2.85. The normalized spacial score (nSPS) is 10.6. The maximum atomic E-state index is 5.28. The summed E-state index contributed by atoms with van der Waals surface area (Å²) in [5, 5.41) is 3.43. The third-order valence-electron chi connectivity index (χ3n) is 3.99.